The number of esters is 1. The van der Waals surface area contributed by atoms with Crippen molar-refractivity contribution in [1.82, 2.24) is 14.7 Å². The van der Waals surface area contributed by atoms with Gasteiger partial charge in [0.2, 0.25) is 5.91 Å². The number of nitrogens with one attached hydrogen (secondary N) is 1. The number of nitrogens with zero attached hydrogens (tertiary/aromatic N) is 4. The number of aromatic nitrogens is 2. The van der Waals surface area contributed by atoms with E-state index in [1.807, 2.05) is 0 Å². The summed E-state index contributed by atoms with van der Waals surface area (Å²) in [5, 5.41) is 6.51. The van der Waals surface area contributed by atoms with E-state index in [-0.39, 0.29) is 45.4 Å². The second-order valence-corrected chi connectivity index (χ2v) is 8.29. The van der Waals surface area contributed by atoms with E-state index in [4.69, 9.17) is 9.57 Å². The number of pyridine rings is 1. The fourth-order valence-electron chi connectivity index (χ4n) is 3.79. The lowest BCUT2D eigenvalue weighted by Gasteiger charge is -2.14. The molecule has 4 rings (SSSR count). The third kappa shape index (κ3) is 6.64. The maximum Gasteiger partial charge on any atom is 0.414 e. The lowest BCUT2D eigenvalue weighted by atomic mass is 10.1. The van der Waals surface area contributed by atoms with Gasteiger partial charge < -0.3 is 19.6 Å². The van der Waals surface area contributed by atoms with Crippen molar-refractivity contribution in [1.29, 1.82) is 0 Å². The summed E-state index contributed by atoms with van der Waals surface area (Å²) in [7, 11) is 1.33. The number of carbonyl (C=O) groups excluding carboxylic acids is 3. The Labute approximate surface area is 219 Å². The van der Waals surface area contributed by atoms with Gasteiger partial charge in [-0.25, -0.2) is 14.2 Å². The first-order chi connectivity index (χ1) is 17.9. The molecule has 2 amide bonds. The van der Waals surface area contributed by atoms with Crippen molar-refractivity contribution < 1.29 is 33.1 Å². The van der Waals surface area contributed by atoms with Gasteiger partial charge in [-0.05, 0) is 42.3 Å². The molecular formula is C26H30FN5O6. The lowest BCUT2D eigenvalue weighted by Crippen LogP contribution is -2.33. The molecule has 0 unspecified atom stereocenters. The van der Waals surface area contributed by atoms with Crippen LogP contribution < -0.4 is 10.2 Å². The number of imidazole rings is 1. The van der Waals surface area contributed by atoms with Crippen LogP contribution in [0.4, 0.5) is 14.9 Å². The highest BCUT2D eigenvalue weighted by molar-refractivity contribution is 5.90. The zero-order chi connectivity index (χ0) is 26.4. The lowest BCUT2D eigenvalue weighted by molar-refractivity contribution is -0.141. The number of carbonyl (C=O) groups is 3. The smallest absolute Gasteiger partial charge is 0.414 e. The summed E-state index contributed by atoms with van der Waals surface area (Å²) in [5.74, 6) is -1.03. The summed E-state index contributed by atoms with van der Waals surface area (Å²) in [6.07, 6.45) is 4.49. The molecule has 0 saturated carbocycles. The minimum absolute atomic E-state index is 0. The van der Waals surface area contributed by atoms with E-state index >= 15 is 4.39 Å². The van der Waals surface area contributed by atoms with E-state index in [0.717, 1.165) is 0 Å². The molecule has 202 valence electrons. The number of halogens is 1. The normalized spacial score (nSPS) is 14.9. The molecule has 0 spiro atoms. The molecule has 11 nitrogen and oxygen atoms in total. The summed E-state index contributed by atoms with van der Waals surface area (Å²) < 4.78 is 26.7. The fraction of sp³-hybridized carbons (Fsp3) is 0.346. The first kappa shape index (κ1) is 28.1. The van der Waals surface area contributed by atoms with E-state index < -0.39 is 18.0 Å². The average Bonchev–Trinajstić information content (AvgIpc) is 3.47. The summed E-state index contributed by atoms with van der Waals surface area (Å²) in [6, 6.07) is 8.00. The van der Waals surface area contributed by atoms with Crippen LogP contribution in [-0.4, -0.2) is 66.5 Å². The van der Waals surface area contributed by atoms with Crippen molar-refractivity contribution in [3.8, 4) is 11.1 Å². The number of amides is 2. The fourth-order valence-corrected chi connectivity index (χ4v) is 3.79. The van der Waals surface area contributed by atoms with Crippen LogP contribution in [0.25, 0.3) is 16.8 Å². The van der Waals surface area contributed by atoms with E-state index in [9.17, 15) is 14.4 Å². The Kier molecular flexibility index (Phi) is 9.36. The van der Waals surface area contributed by atoms with E-state index in [1.165, 1.54) is 31.2 Å². The number of rotatable bonds is 10. The molecule has 0 aliphatic carbocycles. The van der Waals surface area contributed by atoms with E-state index in [2.05, 4.69) is 20.2 Å². The van der Waals surface area contributed by atoms with Crippen molar-refractivity contribution in [3.63, 3.8) is 0 Å². The molecule has 3 aromatic rings. The molecule has 38 heavy (non-hydrogen) atoms. The summed E-state index contributed by atoms with van der Waals surface area (Å²) in [6.45, 7) is 2.05. The first-order valence-electron chi connectivity index (χ1n) is 11.6. The summed E-state index contributed by atoms with van der Waals surface area (Å²) >= 11 is 0. The standard InChI is InChI=1S/C25H26FN5O6.CH4/c1-16(32)27-14-20-15-31(25(34)37-20)18-5-6-21(22(26)11-18)17-7-8-30-19(12-28-23(30)10-17)13-29-36-9-3-4-24(33)35-2;/h5-8,10-13,20H,3-4,9,14-15H2,1-2H3,(H,27,32);1H4/t20-;/m0./s1. The molecule has 1 aromatic carbocycles. The third-order valence-corrected chi connectivity index (χ3v) is 5.67. The number of cyclic esters (lactones) is 1. The Morgan fingerprint density at radius 3 is 2.87 bits per heavy atom. The number of oxime groups is 1. The largest absolute Gasteiger partial charge is 0.469 e. The minimum Gasteiger partial charge on any atom is -0.469 e. The maximum absolute atomic E-state index is 15.1. The molecule has 1 N–H and O–H groups in total. The van der Waals surface area contributed by atoms with Crippen LogP contribution in [0, 0.1) is 5.82 Å². The predicted molar refractivity (Wildman–Crippen MR) is 138 cm³/mol. The van der Waals surface area contributed by atoms with Crippen molar-refractivity contribution in [2.75, 3.05) is 31.7 Å². The van der Waals surface area contributed by atoms with Crippen LogP contribution >= 0.6 is 0 Å². The maximum atomic E-state index is 15.1. The van der Waals surface area contributed by atoms with Crippen molar-refractivity contribution in [2.45, 2.75) is 33.3 Å². The second kappa shape index (κ2) is 12.7. The topological polar surface area (TPSA) is 124 Å². The molecule has 1 atom stereocenters. The number of anilines is 1. The van der Waals surface area contributed by atoms with Crippen molar-refractivity contribution >= 4 is 35.5 Å². The van der Waals surface area contributed by atoms with Crippen LogP contribution in [0.1, 0.15) is 32.9 Å². The molecule has 1 saturated heterocycles. The molecule has 12 heteroatoms. The van der Waals surface area contributed by atoms with Gasteiger partial charge in [0, 0.05) is 25.1 Å². The quantitative estimate of drug-likeness (QED) is 0.185. The van der Waals surface area contributed by atoms with E-state index in [1.54, 1.807) is 41.1 Å². The van der Waals surface area contributed by atoms with Gasteiger partial charge in [-0.15, -0.1) is 0 Å². The zero-order valence-electron chi connectivity index (χ0n) is 20.3. The van der Waals surface area contributed by atoms with Crippen LogP contribution in [0.3, 0.4) is 0 Å². The van der Waals surface area contributed by atoms with Gasteiger partial charge in [0.05, 0.1) is 44.0 Å². The second-order valence-electron chi connectivity index (χ2n) is 8.29. The molecule has 2 aromatic heterocycles. The Hall–Kier alpha value is -4.48. The highest BCUT2D eigenvalue weighted by Crippen LogP contribution is 2.29. The Balaban J connectivity index is 0.00000400. The Morgan fingerprint density at radius 1 is 1.32 bits per heavy atom. The first-order valence-corrected chi connectivity index (χ1v) is 11.6. The van der Waals surface area contributed by atoms with Crippen LogP contribution in [0.5, 0.6) is 0 Å². The summed E-state index contributed by atoms with van der Waals surface area (Å²) in [4.78, 5) is 45.3. The predicted octanol–water partition coefficient (Wildman–Crippen LogP) is 3.54. The molecule has 1 aliphatic rings. The SMILES string of the molecule is C.COC(=O)CCCON=Cc1cnc2cc(-c3ccc(N4C[C@H](CNC(C)=O)OC4=O)cc3F)ccn12. The Bertz CT molecular complexity index is 1340. The van der Waals surface area contributed by atoms with E-state index in [0.29, 0.717) is 34.6 Å². The number of ether oxygens (including phenoxy) is 2. The highest BCUT2D eigenvalue weighted by atomic mass is 19.1. The van der Waals surface area contributed by atoms with Gasteiger partial charge in [-0.1, -0.05) is 12.6 Å². The molecule has 1 aliphatic heterocycles. The van der Waals surface area contributed by atoms with Gasteiger partial charge in [0.15, 0.2) is 0 Å². The van der Waals surface area contributed by atoms with Crippen molar-refractivity contribution in [2.24, 2.45) is 5.16 Å². The van der Waals surface area contributed by atoms with Crippen molar-refractivity contribution in [3.05, 3.63) is 54.2 Å². The number of hydrogen-bond acceptors (Lipinski definition) is 8. The summed E-state index contributed by atoms with van der Waals surface area (Å²) in [5.41, 5.74) is 2.56. The molecule has 3 heterocycles. The van der Waals surface area contributed by atoms with Gasteiger partial charge >= 0.3 is 12.1 Å². The monoisotopic (exact) mass is 527 g/mol. The molecule has 0 radical (unpaired) electrons. The molecular weight excluding hydrogens is 497 g/mol. The van der Waals surface area contributed by atoms with Crippen LogP contribution in [-0.2, 0) is 23.9 Å². The Morgan fingerprint density at radius 2 is 2.13 bits per heavy atom. The minimum atomic E-state index is -0.594. The zero-order valence-corrected chi connectivity index (χ0v) is 20.3. The van der Waals surface area contributed by atoms with Crippen LogP contribution in [0.2, 0.25) is 0 Å². The van der Waals surface area contributed by atoms with Gasteiger partial charge in [-0.2, -0.15) is 0 Å². The van der Waals surface area contributed by atoms with Crippen LogP contribution in [0.15, 0.2) is 47.9 Å². The van der Waals surface area contributed by atoms with Gasteiger partial charge in [-0.3, -0.25) is 18.9 Å². The number of fused-ring (bicyclic) bond motifs is 1. The number of hydrogen-bond donors (Lipinski definition) is 1. The van der Waals surface area contributed by atoms with Gasteiger partial charge in [0.25, 0.3) is 0 Å². The number of benzene rings is 1. The number of methoxy groups -OCH3 is 1. The van der Waals surface area contributed by atoms with Gasteiger partial charge in [0.1, 0.15) is 24.2 Å². The molecule has 1 fully saturated rings. The average molecular weight is 528 g/mol. The third-order valence-electron chi connectivity index (χ3n) is 5.67. The molecule has 0 bridgehead atoms. The highest BCUT2D eigenvalue weighted by Gasteiger charge is 2.32.